The fraction of sp³-hybridized carbons (Fsp3) is 0.450. The van der Waals surface area contributed by atoms with E-state index in [9.17, 15) is 13.6 Å². The number of carbonyl (C=O) groups excluding carboxylic acids is 1. The quantitative estimate of drug-likeness (QED) is 0.766. The zero-order chi connectivity index (χ0) is 20.3. The molecule has 0 bridgehead atoms. The Bertz CT molecular complexity index is 831. The van der Waals surface area contributed by atoms with Gasteiger partial charge in [-0.15, -0.1) is 0 Å². The predicted molar refractivity (Wildman–Crippen MR) is 106 cm³/mol. The van der Waals surface area contributed by atoms with Gasteiger partial charge in [0.1, 0.15) is 12.0 Å². The summed E-state index contributed by atoms with van der Waals surface area (Å²) in [7, 11) is 0. The first-order valence-corrected chi connectivity index (χ1v) is 9.69. The maximum Gasteiger partial charge on any atom is 0.255 e. The zero-order valence-electron chi connectivity index (χ0n) is 15.8. The molecule has 2 aromatic rings. The number of anilines is 2. The molecule has 28 heavy (non-hydrogen) atoms. The molecule has 0 radical (unpaired) electrons. The maximum atomic E-state index is 14.3. The number of piperidine rings is 1. The van der Waals surface area contributed by atoms with Gasteiger partial charge in [0.2, 0.25) is 0 Å². The summed E-state index contributed by atoms with van der Waals surface area (Å²) < 4.78 is 27.8. The highest BCUT2D eigenvalue weighted by atomic mass is 35.5. The van der Waals surface area contributed by atoms with Crippen LogP contribution in [0.4, 0.5) is 20.3 Å². The number of carbonyl (C=O) groups is 1. The normalized spacial score (nSPS) is 19.2. The summed E-state index contributed by atoms with van der Waals surface area (Å²) in [6.45, 7) is 3.46. The highest BCUT2D eigenvalue weighted by molar-refractivity contribution is 6.33. The summed E-state index contributed by atoms with van der Waals surface area (Å²) in [6.07, 6.45) is 1.70. The monoisotopic (exact) mass is 408 g/mol. The molecule has 3 atom stereocenters. The molecule has 1 fully saturated rings. The molecule has 1 aliphatic rings. The number of aromatic nitrogens is 2. The molecule has 0 spiro atoms. The van der Waals surface area contributed by atoms with Gasteiger partial charge in [0.25, 0.3) is 5.91 Å². The molecule has 1 amide bonds. The zero-order valence-corrected chi connectivity index (χ0v) is 16.6. The van der Waals surface area contributed by atoms with Crippen LogP contribution in [-0.2, 0) is 0 Å². The summed E-state index contributed by atoms with van der Waals surface area (Å²) >= 11 is 6.29. The minimum absolute atomic E-state index is 0.253. The first-order chi connectivity index (χ1) is 13.4. The lowest BCUT2D eigenvalue weighted by Gasteiger charge is -2.38. The number of nitrogens with one attached hydrogen (secondary N) is 1. The number of halogens is 3. The van der Waals surface area contributed by atoms with Crippen LogP contribution in [0.2, 0.25) is 5.02 Å². The highest BCUT2D eigenvalue weighted by Gasteiger charge is 2.36. The van der Waals surface area contributed by atoms with Crippen LogP contribution >= 0.6 is 11.6 Å². The fourth-order valence-corrected chi connectivity index (χ4v) is 3.55. The Hall–Kier alpha value is -2.28. The molecule has 3 heterocycles. The van der Waals surface area contributed by atoms with Gasteiger partial charge in [0.15, 0.2) is 6.17 Å². The molecule has 0 aliphatic carbocycles. The van der Waals surface area contributed by atoms with Crippen molar-refractivity contribution in [3.8, 4) is 0 Å². The van der Waals surface area contributed by atoms with Crippen molar-refractivity contribution in [1.82, 2.24) is 14.9 Å². The minimum Gasteiger partial charge on any atom is -0.338 e. The van der Waals surface area contributed by atoms with Crippen LogP contribution in [0.25, 0.3) is 0 Å². The van der Waals surface area contributed by atoms with Crippen molar-refractivity contribution >= 4 is 29.0 Å². The van der Waals surface area contributed by atoms with Gasteiger partial charge < -0.3 is 10.2 Å². The number of amides is 1. The summed E-state index contributed by atoms with van der Waals surface area (Å²) in [4.78, 5) is 22.7. The number of aryl methyl sites for hydroxylation is 1. The van der Waals surface area contributed by atoms with E-state index in [-0.39, 0.29) is 16.5 Å². The van der Waals surface area contributed by atoms with Crippen LogP contribution in [0.15, 0.2) is 30.6 Å². The fourth-order valence-electron chi connectivity index (χ4n) is 3.34. The van der Waals surface area contributed by atoms with Crippen molar-refractivity contribution in [3.63, 3.8) is 0 Å². The number of pyridine rings is 2. The first kappa shape index (κ1) is 20.5. The average molecular weight is 409 g/mol. The molecule has 2 aromatic heterocycles. The number of hydrogen-bond acceptors (Lipinski definition) is 4. The molecule has 8 heteroatoms. The van der Waals surface area contributed by atoms with E-state index < -0.39 is 18.4 Å². The van der Waals surface area contributed by atoms with E-state index in [0.29, 0.717) is 24.5 Å². The standard InChI is InChI=1S/C20H23ClF2N4O/c1-12-6-7-15(11-24-12)26-19-16(21)9-14(10-25-19)20(28)27-8-4-3-5-17(27)18(23)13(2)22/h6-7,9-11,13,17-18H,3-5,8H2,1-2H3,(H,25,26). The highest BCUT2D eigenvalue weighted by Crippen LogP contribution is 2.28. The van der Waals surface area contributed by atoms with E-state index in [1.54, 1.807) is 6.20 Å². The summed E-state index contributed by atoms with van der Waals surface area (Å²) in [5.41, 5.74) is 1.85. The van der Waals surface area contributed by atoms with Crippen molar-refractivity contribution in [2.45, 2.75) is 51.5 Å². The average Bonchev–Trinajstić information content (AvgIpc) is 2.70. The van der Waals surface area contributed by atoms with Crippen molar-refractivity contribution in [2.75, 3.05) is 11.9 Å². The molecule has 0 aromatic carbocycles. The van der Waals surface area contributed by atoms with Gasteiger partial charge in [0, 0.05) is 18.4 Å². The summed E-state index contributed by atoms with van der Waals surface area (Å²) in [5, 5.41) is 3.31. The molecule has 150 valence electrons. The number of hydrogen-bond donors (Lipinski definition) is 1. The van der Waals surface area contributed by atoms with Crippen LogP contribution in [0.5, 0.6) is 0 Å². The maximum absolute atomic E-state index is 14.3. The van der Waals surface area contributed by atoms with E-state index in [1.807, 2.05) is 19.1 Å². The number of rotatable bonds is 5. The number of likely N-dealkylation sites (tertiary alicyclic amines) is 1. The Morgan fingerprint density at radius 1 is 1.29 bits per heavy atom. The second-order valence-electron chi connectivity index (χ2n) is 7.05. The van der Waals surface area contributed by atoms with Crippen LogP contribution in [-0.4, -0.2) is 45.7 Å². The molecule has 3 rings (SSSR count). The second-order valence-corrected chi connectivity index (χ2v) is 7.46. The van der Waals surface area contributed by atoms with Gasteiger partial charge in [-0.05, 0) is 51.3 Å². The molecule has 1 saturated heterocycles. The van der Waals surface area contributed by atoms with Gasteiger partial charge >= 0.3 is 0 Å². The van der Waals surface area contributed by atoms with E-state index in [4.69, 9.17) is 11.6 Å². The van der Waals surface area contributed by atoms with Crippen molar-refractivity contribution in [2.24, 2.45) is 0 Å². The van der Waals surface area contributed by atoms with Crippen LogP contribution < -0.4 is 5.32 Å². The van der Waals surface area contributed by atoms with E-state index in [2.05, 4.69) is 15.3 Å². The van der Waals surface area contributed by atoms with Crippen molar-refractivity contribution in [3.05, 3.63) is 46.9 Å². The SMILES string of the molecule is Cc1ccc(Nc2ncc(C(=O)N3CCCCC3C(F)C(C)F)cc2Cl)cn1. The third-order valence-electron chi connectivity index (χ3n) is 4.88. The topological polar surface area (TPSA) is 58.1 Å². The van der Waals surface area contributed by atoms with Crippen LogP contribution in [0, 0.1) is 6.92 Å². The Labute approximate surface area is 168 Å². The molecule has 1 N–H and O–H groups in total. The lowest BCUT2D eigenvalue weighted by Crippen LogP contribution is -2.50. The van der Waals surface area contributed by atoms with Crippen LogP contribution in [0.3, 0.4) is 0 Å². The number of nitrogens with zero attached hydrogens (tertiary/aromatic N) is 3. The Balaban J connectivity index is 1.78. The molecule has 1 aliphatic heterocycles. The lowest BCUT2D eigenvalue weighted by molar-refractivity contribution is 0.0290. The second kappa shape index (κ2) is 8.82. The van der Waals surface area contributed by atoms with Gasteiger partial charge in [0.05, 0.1) is 28.5 Å². The van der Waals surface area contributed by atoms with E-state index >= 15 is 0 Å². The van der Waals surface area contributed by atoms with Gasteiger partial charge in [-0.25, -0.2) is 13.8 Å². The van der Waals surface area contributed by atoms with E-state index in [1.165, 1.54) is 24.1 Å². The van der Waals surface area contributed by atoms with Crippen molar-refractivity contribution < 1.29 is 13.6 Å². The molecular weight excluding hydrogens is 386 g/mol. The first-order valence-electron chi connectivity index (χ1n) is 9.31. The smallest absolute Gasteiger partial charge is 0.255 e. The summed E-state index contributed by atoms with van der Waals surface area (Å²) in [5.74, 6) is 0.00534. The van der Waals surface area contributed by atoms with Gasteiger partial charge in [-0.2, -0.15) is 0 Å². The Morgan fingerprint density at radius 3 is 2.71 bits per heavy atom. The molecule has 0 saturated carbocycles. The van der Waals surface area contributed by atoms with Gasteiger partial charge in [-0.1, -0.05) is 11.6 Å². The predicted octanol–water partition coefficient (Wildman–Crippen LogP) is 4.87. The minimum atomic E-state index is -1.71. The molecule has 5 nitrogen and oxygen atoms in total. The van der Waals surface area contributed by atoms with E-state index in [0.717, 1.165) is 18.5 Å². The third kappa shape index (κ3) is 4.58. The van der Waals surface area contributed by atoms with Crippen LogP contribution in [0.1, 0.15) is 42.2 Å². The van der Waals surface area contributed by atoms with Gasteiger partial charge in [-0.3, -0.25) is 9.78 Å². The number of alkyl halides is 2. The summed E-state index contributed by atoms with van der Waals surface area (Å²) in [6, 6.07) is 4.43. The largest absolute Gasteiger partial charge is 0.338 e. The molecule has 3 unspecified atom stereocenters. The Morgan fingerprint density at radius 2 is 2.07 bits per heavy atom. The Kier molecular flexibility index (Phi) is 6.44. The third-order valence-corrected chi connectivity index (χ3v) is 5.17. The van der Waals surface area contributed by atoms with Crippen molar-refractivity contribution in [1.29, 1.82) is 0 Å². The lowest BCUT2D eigenvalue weighted by atomic mass is 9.95. The molecular formula is C20H23ClF2N4O.